The topological polar surface area (TPSA) is 26.3 Å². The van der Waals surface area contributed by atoms with Gasteiger partial charge < -0.3 is 4.74 Å². The third-order valence-electron chi connectivity index (χ3n) is 2.57. The molecule has 0 saturated heterocycles. The Hall–Kier alpha value is -1.94. The number of hydrogen-bond donors (Lipinski definition) is 0. The molecule has 0 spiro atoms. The summed E-state index contributed by atoms with van der Waals surface area (Å²) in [6.45, 7) is 0. The number of esters is 1. The van der Waals surface area contributed by atoms with E-state index in [1.807, 2.05) is 0 Å². The van der Waals surface area contributed by atoms with Gasteiger partial charge in [-0.3, -0.25) is 0 Å². The van der Waals surface area contributed by atoms with Crippen LogP contribution in [-0.2, 0) is 4.74 Å². The van der Waals surface area contributed by atoms with E-state index >= 15 is 0 Å². The Kier molecular flexibility index (Phi) is 3.81. The Morgan fingerprint density at radius 1 is 1.21 bits per heavy atom. The molecule has 0 fully saturated rings. The van der Waals surface area contributed by atoms with Crippen molar-refractivity contribution in [3.05, 3.63) is 58.6 Å². The van der Waals surface area contributed by atoms with E-state index in [1.165, 1.54) is 31.4 Å². The van der Waals surface area contributed by atoms with E-state index in [1.54, 1.807) is 0 Å². The molecule has 5 heteroatoms. The average Bonchev–Trinajstić information content (AvgIpc) is 2.37. The van der Waals surface area contributed by atoms with Gasteiger partial charge in [0.2, 0.25) is 0 Å². The zero-order valence-electron chi connectivity index (χ0n) is 9.91. The van der Waals surface area contributed by atoms with Crippen molar-refractivity contribution >= 4 is 17.6 Å². The molecule has 0 saturated carbocycles. The van der Waals surface area contributed by atoms with E-state index in [0.717, 1.165) is 12.1 Å². The molecule has 2 aromatic carbocycles. The minimum atomic E-state index is -0.701. The van der Waals surface area contributed by atoms with Crippen molar-refractivity contribution in [2.24, 2.45) is 0 Å². The summed E-state index contributed by atoms with van der Waals surface area (Å²) >= 11 is 5.90. The summed E-state index contributed by atoms with van der Waals surface area (Å²) in [5.74, 6) is -1.96. The van der Waals surface area contributed by atoms with Crippen LogP contribution in [0, 0.1) is 11.6 Å². The summed E-state index contributed by atoms with van der Waals surface area (Å²) in [5, 5.41) is 0.140. The Morgan fingerprint density at radius 2 is 1.95 bits per heavy atom. The van der Waals surface area contributed by atoms with Crippen molar-refractivity contribution in [1.29, 1.82) is 0 Å². The number of rotatable bonds is 2. The van der Waals surface area contributed by atoms with Crippen molar-refractivity contribution in [3.63, 3.8) is 0 Å². The molecule has 0 aliphatic rings. The second-order valence-electron chi connectivity index (χ2n) is 3.82. The van der Waals surface area contributed by atoms with Crippen molar-refractivity contribution in [1.82, 2.24) is 0 Å². The second-order valence-corrected chi connectivity index (χ2v) is 4.22. The first kappa shape index (κ1) is 13.5. The van der Waals surface area contributed by atoms with Crippen molar-refractivity contribution < 1.29 is 18.3 Å². The van der Waals surface area contributed by atoms with Gasteiger partial charge in [0.25, 0.3) is 0 Å². The highest BCUT2D eigenvalue weighted by Gasteiger charge is 2.14. The Morgan fingerprint density at radius 3 is 2.58 bits per heavy atom. The molecule has 2 rings (SSSR count). The van der Waals surface area contributed by atoms with E-state index in [4.69, 9.17) is 11.6 Å². The molecule has 0 bridgehead atoms. The molecule has 0 atom stereocenters. The molecule has 0 amide bonds. The van der Waals surface area contributed by atoms with Crippen LogP contribution in [0.2, 0.25) is 5.02 Å². The largest absolute Gasteiger partial charge is 0.465 e. The molecule has 19 heavy (non-hydrogen) atoms. The van der Waals surface area contributed by atoms with Crippen molar-refractivity contribution in [2.75, 3.05) is 7.11 Å². The van der Waals surface area contributed by atoms with Gasteiger partial charge in [-0.15, -0.1) is 0 Å². The van der Waals surface area contributed by atoms with Gasteiger partial charge in [-0.25, -0.2) is 13.6 Å². The quantitative estimate of drug-likeness (QED) is 0.776. The molecule has 0 radical (unpaired) electrons. The first-order valence-electron chi connectivity index (χ1n) is 5.36. The van der Waals surface area contributed by atoms with Crippen LogP contribution in [-0.4, -0.2) is 13.1 Å². The van der Waals surface area contributed by atoms with Crippen LogP contribution in [0.4, 0.5) is 8.78 Å². The Labute approximate surface area is 113 Å². The fourth-order valence-corrected chi connectivity index (χ4v) is 2.02. The lowest BCUT2D eigenvalue weighted by Gasteiger charge is -2.08. The zero-order valence-corrected chi connectivity index (χ0v) is 10.7. The number of carbonyl (C=O) groups excluding carboxylic acids is 1. The summed E-state index contributed by atoms with van der Waals surface area (Å²) in [4.78, 5) is 11.4. The highest BCUT2D eigenvalue weighted by atomic mass is 35.5. The summed E-state index contributed by atoms with van der Waals surface area (Å²) in [7, 11) is 1.18. The van der Waals surface area contributed by atoms with E-state index in [-0.39, 0.29) is 21.7 Å². The third-order valence-corrected chi connectivity index (χ3v) is 2.89. The average molecular weight is 283 g/mol. The summed E-state index contributed by atoms with van der Waals surface area (Å²) in [5.41, 5.74) is 0.231. The summed E-state index contributed by atoms with van der Waals surface area (Å²) < 4.78 is 31.8. The van der Waals surface area contributed by atoms with Crippen LogP contribution >= 0.6 is 11.6 Å². The van der Waals surface area contributed by atoms with Crippen LogP contribution < -0.4 is 0 Å². The highest BCUT2D eigenvalue weighted by molar-refractivity contribution is 6.33. The van der Waals surface area contributed by atoms with Crippen molar-refractivity contribution in [2.45, 2.75) is 0 Å². The molecule has 0 aromatic heterocycles. The van der Waals surface area contributed by atoms with E-state index < -0.39 is 17.6 Å². The fraction of sp³-hybridized carbons (Fsp3) is 0.0714. The maximum absolute atomic E-state index is 13.8. The molecule has 0 aliphatic carbocycles. The lowest BCUT2D eigenvalue weighted by molar-refractivity contribution is 0.0600. The van der Waals surface area contributed by atoms with Gasteiger partial charge >= 0.3 is 5.97 Å². The van der Waals surface area contributed by atoms with Crippen LogP contribution in [0.1, 0.15) is 10.4 Å². The number of ether oxygens (including phenoxy) is 1. The van der Waals surface area contributed by atoms with Gasteiger partial charge in [0.05, 0.1) is 17.7 Å². The number of halogens is 3. The predicted octanol–water partition coefficient (Wildman–Crippen LogP) is 4.07. The maximum atomic E-state index is 13.8. The van der Waals surface area contributed by atoms with Crippen LogP contribution in [0.15, 0.2) is 36.4 Å². The van der Waals surface area contributed by atoms with Gasteiger partial charge in [-0.1, -0.05) is 17.7 Å². The van der Waals surface area contributed by atoms with Crippen LogP contribution in [0.3, 0.4) is 0 Å². The molecular formula is C14H9ClF2O2. The second kappa shape index (κ2) is 5.36. The third kappa shape index (κ3) is 2.74. The first-order valence-corrected chi connectivity index (χ1v) is 5.74. The monoisotopic (exact) mass is 282 g/mol. The Balaban J connectivity index is 2.63. The van der Waals surface area contributed by atoms with Crippen LogP contribution in [0.25, 0.3) is 11.1 Å². The van der Waals surface area contributed by atoms with E-state index in [2.05, 4.69) is 4.74 Å². The fourth-order valence-electron chi connectivity index (χ4n) is 1.74. The summed E-state index contributed by atoms with van der Waals surface area (Å²) in [6, 6.07) is 7.61. The van der Waals surface area contributed by atoms with Gasteiger partial charge in [-0.05, 0) is 35.9 Å². The zero-order chi connectivity index (χ0) is 14.0. The first-order chi connectivity index (χ1) is 9.02. The standard InChI is InChI=1S/C14H9ClF2O2/c1-19-14(18)9-5-8(6-10(16)7-9)13-11(15)3-2-4-12(13)17/h2-7H,1H3. The molecule has 98 valence electrons. The molecule has 2 nitrogen and oxygen atoms in total. The smallest absolute Gasteiger partial charge is 0.337 e. The van der Waals surface area contributed by atoms with E-state index in [0.29, 0.717) is 0 Å². The SMILES string of the molecule is COC(=O)c1cc(F)cc(-c2c(F)cccc2Cl)c1. The molecule has 2 aromatic rings. The maximum Gasteiger partial charge on any atom is 0.337 e. The Bertz CT molecular complexity index is 621. The summed E-state index contributed by atoms with van der Waals surface area (Å²) in [6.07, 6.45) is 0. The highest BCUT2D eigenvalue weighted by Crippen LogP contribution is 2.31. The van der Waals surface area contributed by atoms with Crippen LogP contribution in [0.5, 0.6) is 0 Å². The molecule has 0 heterocycles. The van der Waals surface area contributed by atoms with Gasteiger partial charge in [-0.2, -0.15) is 0 Å². The number of hydrogen-bond acceptors (Lipinski definition) is 2. The van der Waals surface area contributed by atoms with E-state index in [9.17, 15) is 13.6 Å². The molecule has 0 aliphatic heterocycles. The number of methoxy groups -OCH3 is 1. The van der Waals surface area contributed by atoms with Gasteiger partial charge in [0.1, 0.15) is 11.6 Å². The lowest BCUT2D eigenvalue weighted by atomic mass is 10.0. The van der Waals surface area contributed by atoms with Gasteiger partial charge in [0.15, 0.2) is 0 Å². The number of benzene rings is 2. The predicted molar refractivity (Wildman–Crippen MR) is 68.1 cm³/mol. The normalized spacial score (nSPS) is 10.3. The van der Waals surface area contributed by atoms with Gasteiger partial charge in [0, 0.05) is 5.56 Å². The number of carbonyl (C=O) groups is 1. The molecule has 0 unspecified atom stereocenters. The lowest BCUT2D eigenvalue weighted by Crippen LogP contribution is -2.02. The minimum Gasteiger partial charge on any atom is -0.465 e. The molecular weight excluding hydrogens is 274 g/mol. The minimum absolute atomic E-state index is 0.00294. The molecule has 0 N–H and O–H groups in total. The van der Waals surface area contributed by atoms with Crippen molar-refractivity contribution in [3.8, 4) is 11.1 Å².